The Bertz CT molecular complexity index is 979. The van der Waals surface area contributed by atoms with Crippen LogP contribution in [-0.4, -0.2) is 33.5 Å². The molecule has 3 aliphatic carbocycles. The zero-order valence-electron chi connectivity index (χ0n) is 19.7. The van der Waals surface area contributed by atoms with Gasteiger partial charge in [0.05, 0.1) is 8.22 Å². The van der Waals surface area contributed by atoms with Crippen LogP contribution in [-0.2, 0) is 0 Å². The third kappa shape index (κ3) is 2.78. The van der Waals surface area contributed by atoms with E-state index in [1.807, 2.05) is 0 Å². The molecule has 0 bridgehead atoms. The van der Waals surface area contributed by atoms with E-state index in [1.165, 1.54) is 75.3 Å². The molecule has 3 saturated heterocycles. The fourth-order valence-corrected chi connectivity index (χ4v) is 13.0. The van der Waals surface area contributed by atoms with Crippen molar-refractivity contribution in [3.05, 3.63) is 54.6 Å². The number of rotatable bonds is 2. The molecule has 8 atom stereocenters. The van der Waals surface area contributed by atoms with Crippen molar-refractivity contribution in [2.24, 2.45) is 23.7 Å². The van der Waals surface area contributed by atoms with E-state index in [-0.39, 0.29) is 8.22 Å². The lowest BCUT2D eigenvalue weighted by Crippen LogP contribution is -2.45. The molecular weight excluding hydrogens is 419 g/mol. The van der Waals surface area contributed by atoms with E-state index in [2.05, 4.69) is 63.9 Å². The molecule has 0 spiro atoms. The maximum Gasteiger partial charge on any atom is 0.0736 e. The van der Waals surface area contributed by atoms with E-state index in [1.54, 1.807) is 5.30 Å². The second-order valence-corrected chi connectivity index (χ2v) is 13.9. The normalized spacial score (nSPS) is 43.8. The third-order valence-corrected chi connectivity index (χ3v) is 13.4. The van der Waals surface area contributed by atoms with Crippen LogP contribution in [0, 0.1) is 23.7 Å². The zero-order valence-corrected chi connectivity index (χ0v) is 20.6. The molecule has 0 amide bonds. The Kier molecular flexibility index (Phi) is 4.64. The van der Waals surface area contributed by atoms with Gasteiger partial charge in [-0.1, -0.05) is 80.3 Å². The first-order valence-corrected chi connectivity index (χ1v) is 15.2. The van der Waals surface area contributed by atoms with E-state index in [0.29, 0.717) is 0 Å². The van der Waals surface area contributed by atoms with Crippen LogP contribution in [0.4, 0.5) is 0 Å². The summed E-state index contributed by atoms with van der Waals surface area (Å²) in [6.45, 7) is 0. The average molecular weight is 457 g/mol. The Morgan fingerprint density at radius 3 is 1.61 bits per heavy atom. The number of hydrogen-bond donors (Lipinski definition) is 0. The van der Waals surface area contributed by atoms with E-state index < -0.39 is 0 Å². The van der Waals surface area contributed by atoms with Crippen molar-refractivity contribution in [1.29, 1.82) is 0 Å². The van der Waals surface area contributed by atoms with Gasteiger partial charge in [0.25, 0.3) is 0 Å². The first-order chi connectivity index (χ1) is 16.4. The molecule has 172 valence electrons. The van der Waals surface area contributed by atoms with Gasteiger partial charge in [-0.2, -0.15) is 0 Å². The summed E-state index contributed by atoms with van der Waals surface area (Å²) in [7, 11) is -0.336. The predicted octanol–water partition coefficient (Wildman–Crippen LogP) is 6.82. The van der Waals surface area contributed by atoms with Crippen molar-refractivity contribution in [3.63, 3.8) is 0 Å². The number of hydrogen-bond acceptors (Lipinski definition) is 2. The van der Waals surface area contributed by atoms with Gasteiger partial charge in [0.2, 0.25) is 0 Å². The molecule has 0 N–H and O–H groups in total. The molecule has 2 aromatic rings. The highest BCUT2D eigenvalue weighted by molar-refractivity contribution is 7.61. The summed E-state index contributed by atoms with van der Waals surface area (Å²) in [6.07, 6.45) is 15.0. The van der Waals surface area contributed by atoms with E-state index in [0.717, 1.165) is 47.8 Å². The topological polar surface area (TPSA) is 6.48 Å². The average Bonchev–Trinajstić information content (AvgIpc) is 3.52. The van der Waals surface area contributed by atoms with Crippen LogP contribution in [0.5, 0.6) is 0 Å². The summed E-state index contributed by atoms with van der Waals surface area (Å²) in [6, 6.07) is 24.4. The van der Waals surface area contributed by atoms with Crippen LogP contribution in [0.1, 0.15) is 64.2 Å². The first-order valence-electron chi connectivity index (χ1n) is 13.9. The Hall–Kier alpha value is -1.21. The molecule has 0 aromatic heterocycles. The highest BCUT2D eigenvalue weighted by Crippen LogP contribution is 2.72. The summed E-state index contributed by atoms with van der Waals surface area (Å²) in [4.78, 5) is 0. The summed E-state index contributed by atoms with van der Waals surface area (Å²) < 4.78 is 6.39. The fraction of sp³-hybridized carbons (Fsp3) is 0.600. The lowest BCUT2D eigenvalue weighted by atomic mass is 9.66. The Balaban J connectivity index is 1.23. The van der Waals surface area contributed by atoms with Gasteiger partial charge in [0.1, 0.15) is 0 Å². The smallest absolute Gasteiger partial charge is 0.0736 e. The number of nitrogens with zero attached hydrogens (tertiary/aromatic N) is 2. The van der Waals surface area contributed by atoms with Gasteiger partial charge < -0.3 is 0 Å². The quantitative estimate of drug-likeness (QED) is 0.458. The van der Waals surface area contributed by atoms with Crippen LogP contribution in [0.3, 0.4) is 0 Å². The summed E-state index contributed by atoms with van der Waals surface area (Å²) >= 11 is 0. The molecule has 2 aromatic carbocycles. The van der Waals surface area contributed by atoms with Gasteiger partial charge in [0, 0.05) is 29.5 Å². The van der Waals surface area contributed by atoms with Gasteiger partial charge in [-0.05, 0) is 73.3 Å². The van der Waals surface area contributed by atoms with Gasteiger partial charge in [-0.15, -0.1) is 0 Å². The highest BCUT2D eigenvalue weighted by atomic mass is 31.1. The maximum absolute atomic E-state index is 3.20. The molecule has 3 aliphatic heterocycles. The van der Waals surface area contributed by atoms with Crippen molar-refractivity contribution >= 4 is 13.5 Å². The molecule has 8 unspecified atom stereocenters. The van der Waals surface area contributed by atoms with Gasteiger partial charge >= 0.3 is 0 Å². The minimum atomic E-state index is -0.336. The van der Waals surface area contributed by atoms with E-state index in [9.17, 15) is 0 Å². The van der Waals surface area contributed by atoms with E-state index in [4.69, 9.17) is 0 Å². The van der Waals surface area contributed by atoms with Crippen molar-refractivity contribution in [3.8, 4) is 11.1 Å². The second kappa shape index (κ2) is 7.64. The first kappa shape index (κ1) is 20.0. The molecule has 6 fully saturated rings. The molecular formula is C30H37N2P. The van der Waals surface area contributed by atoms with Crippen molar-refractivity contribution in [1.82, 2.24) is 9.34 Å². The fourth-order valence-electron chi connectivity index (χ4n) is 9.59. The molecule has 0 radical (unpaired) electrons. The second-order valence-electron chi connectivity index (χ2n) is 11.9. The van der Waals surface area contributed by atoms with Crippen LogP contribution in [0.25, 0.3) is 11.1 Å². The minimum Gasteiger partial charge on any atom is -0.258 e. The molecule has 8 rings (SSSR count). The predicted molar refractivity (Wildman–Crippen MR) is 137 cm³/mol. The minimum absolute atomic E-state index is 0.336. The highest BCUT2D eigenvalue weighted by Gasteiger charge is 2.69. The molecule has 6 aliphatic rings. The maximum atomic E-state index is 3.20. The Morgan fingerprint density at radius 1 is 0.515 bits per heavy atom. The van der Waals surface area contributed by atoms with Gasteiger partial charge in [-0.3, -0.25) is 9.34 Å². The van der Waals surface area contributed by atoms with E-state index >= 15 is 0 Å². The van der Waals surface area contributed by atoms with Crippen LogP contribution in [0.2, 0.25) is 0 Å². The van der Waals surface area contributed by atoms with Crippen LogP contribution < -0.4 is 5.30 Å². The summed E-state index contributed by atoms with van der Waals surface area (Å²) in [5.74, 6) is 4.00. The van der Waals surface area contributed by atoms with Crippen LogP contribution in [0.15, 0.2) is 54.6 Å². The zero-order chi connectivity index (χ0) is 21.5. The standard InChI is InChI=1S/C30H37N2P/c1-2-8-20(9-3-1)21-14-16-22(17-15-21)33-31-27-12-6-4-10-23(27)25-18-19-26-24-11-5-7-13-28(24)32(33)30(26)29(25)31/h1-3,8-9,14-17,23-30H,4-7,10-13,18-19H2. The Labute approximate surface area is 200 Å². The largest absolute Gasteiger partial charge is 0.258 e. The van der Waals surface area contributed by atoms with Gasteiger partial charge in [-0.25, -0.2) is 0 Å². The molecule has 2 nitrogen and oxygen atoms in total. The molecule has 3 heterocycles. The summed E-state index contributed by atoms with van der Waals surface area (Å²) in [5.41, 5.74) is 2.72. The lowest BCUT2D eigenvalue weighted by Gasteiger charge is -2.41. The van der Waals surface area contributed by atoms with Crippen molar-refractivity contribution < 1.29 is 0 Å². The SMILES string of the molecule is c1ccc(-c2ccc(P3N4C5CCCCC5C5CCC6C7CCCCC7N3C6C54)cc2)cc1. The molecule has 3 saturated carbocycles. The monoisotopic (exact) mass is 456 g/mol. The molecule has 33 heavy (non-hydrogen) atoms. The molecule has 3 heteroatoms. The number of fused-ring (bicyclic) bond motifs is 6. The summed E-state index contributed by atoms with van der Waals surface area (Å²) in [5, 5.41) is 1.65. The lowest BCUT2D eigenvalue weighted by molar-refractivity contribution is 0.137. The third-order valence-electron chi connectivity index (χ3n) is 10.7. The van der Waals surface area contributed by atoms with Crippen LogP contribution >= 0.6 is 8.22 Å². The Morgan fingerprint density at radius 2 is 1.03 bits per heavy atom. The van der Waals surface area contributed by atoms with Crippen molar-refractivity contribution in [2.75, 3.05) is 0 Å². The van der Waals surface area contributed by atoms with Crippen molar-refractivity contribution in [2.45, 2.75) is 88.4 Å². The number of benzene rings is 2. The van der Waals surface area contributed by atoms with Gasteiger partial charge in [0.15, 0.2) is 0 Å².